The summed E-state index contributed by atoms with van der Waals surface area (Å²) in [5.41, 5.74) is 9.53. The van der Waals surface area contributed by atoms with Crippen molar-refractivity contribution in [2.24, 2.45) is 5.11 Å². The third kappa shape index (κ3) is 2.77. The van der Waals surface area contributed by atoms with E-state index in [0.717, 1.165) is 0 Å². The van der Waals surface area contributed by atoms with Crippen LogP contribution in [0.4, 0.5) is 0 Å². The number of fused-ring (bicyclic) bond motifs is 1. The number of rotatable bonds is 5. The van der Waals surface area contributed by atoms with Gasteiger partial charge in [0.05, 0.1) is 11.6 Å². The van der Waals surface area contributed by atoms with Gasteiger partial charge in [0.25, 0.3) is 0 Å². The van der Waals surface area contributed by atoms with Crippen molar-refractivity contribution >= 4 is 22.6 Å². The SMILES string of the molecule is [N-]=[N+]=NCCC(O)C(O)c1c[nH]c2c(Cl)ncnc12. The van der Waals surface area contributed by atoms with Crippen LogP contribution in [0, 0.1) is 0 Å². The summed E-state index contributed by atoms with van der Waals surface area (Å²) in [6.07, 6.45) is 0.747. The summed E-state index contributed by atoms with van der Waals surface area (Å²) >= 11 is 5.88. The van der Waals surface area contributed by atoms with Gasteiger partial charge < -0.3 is 15.2 Å². The Morgan fingerprint density at radius 3 is 3.00 bits per heavy atom. The number of aromatic amines is 1. The first-order valence-electron chi connectivity index (χ1n) is 5.49. The highest BCUT2D eigenvalue weighted by atomic mass is 35.5. The van der Waals surface area contributed by atoms with Gasteiger partial charge in [-0.15, -0.1) is 0 Å². The van der Waals surface area contributed by atoms with Gasteiger partial charge in [-0.1, -0.05) is 16.7 Å². The minimum absolute atomic E-state index is 0.104. The summed E-state index contributed by atoms with van der Waals surface area (Å²) in [6, 6.07) is 0. The van der Waals surface area contributed by atoms with E-state index in [1.165, 1.54) is 12.5 Å². The van der Waals surface area contributed by atoms with E-state index in [1.54, 1.807) is 0 Å². The molecule has 0 spiro atoms. The number of hydrogen-bond acceptors (Lipinski definition) is 5. The smallest absolute Gasteiger partial charge is 0.156 e. The Labute approximate surface area is 112 Å². The Kier molecular flexibility index (Phi) is 4.18. The van der Waals surface area contributed by atoms with Crippen LogP contribution in [0.1, 0.15) is 18.1 Å². The first kappa shape index (κ1) is 13.6. The zero-order valence-electron chi connectivity index (χ0n) is 9.73. The van der Waals surface area contributed by atoms with Crippen molar-refractivity contribution in [3.8, 4) is 0 Å². The summed E-state index contributed by atoms with van der Waals surface area (Å²) < 4.78 is 0. The van der Waals surface area contributed by atoms with Crippen LogP contribution in [-0.2, 0) is 0 Å². The number of nitrogens with zero attached hydrogens (tertiary/aromatic N) is 5. The maximum Gasteiger partial charge on any atom is 0.156 e. The number of aliphatic hydroxyl groups excluding tert-OH is 2. The molecular formula is C10H11ClN6O2. The largest absolute Gasteiger partial charge is 0.390 e. The molecule has 2 aromatic rings. The number of azide groups is 1. The molecule has 2 atom stereocenters. The van der Waals surface area contributed by atoms with Gasteiger partial charge in [-0.2, -0.15) is 0 Å². The van der Waals surface area contributed by atoms with Gasteiger partial charge in [0.15, 0.2) is 5.15 Å². The summed E-state index contributed by atoms with van der Waals surface area (Å²) in [6.45, 7) is 0.104. The molecule has 0 amide bonds. The monoisotopic (exact) mass is 282 g/mol. The number of aromatic nitrogens is 3. The van der Waals surface area contributed by atoms with Crippen molar-refractivity contribution in [3.63, 3.8) is 0 Å². The molecule has 3 N–H and O–H groups in total. The zero-order valence-corrected chi connectivity index (χ0v) is 10.5. The zero-order chi connectivity index (χ0) is 13.8. The van der Waals surface area contributed by atoms with Gasteiger partial charge in [-0.25, -0.2) is 9.97 Å². The van der Waals surface area contributed by atoms with Crippen LogP contribution >= 0.6 is 11.6 Å². The van der Waals surface area contributed by atoms with Gasteiger partial charge >= 0.3 is 0 Å². The number of aliphatic hydroxyl groups is 2. The normalized spacial score (nSPS) is 14.1. The second-order valence-electron chi connectivity index (χ2n) is 3.89. The Morgan fingerprint density at radius 2 is 2.26 bits per heavy atom. The molecule has 0 aliphatic heterocycles. The molecule has 0 aliphatic carbocycles. The first-order chi connectivity index (χ1) is 9.15. The highest BCUT2D eigenvalue weighted by Gasteiger charge is 2.22. The van der Waals surface area contributed by atoms with Crippen LogP contribution in [-0.4, -0.2) is 37.8 Å². The van der Waals surface area contributed by atoms with Crippen molar-refractivity contribution in [1.82, 2.24) is 15.0 Å². The molecule has 100 valence electrons. The van der Waals surface area contributed by atoms with E-state index in [0.29, 0.717) is 16.6 Å². The van der Waals surface area contributed by atoms with Crippen LogP contribution in [0.25, 0.3) is 21.5 Å². The third-order valence-corrected chi connectivity index (χ3v) is 3.00. The number of H-pyrrole nitrogens is 1. The molecule has 0 fully saturated rings. The van der Waals surface area contributed by atoms with Crippen LogP contribution in [0.2, 0.25) is 5.15 Å². The standard InChI is InChI=1S/C10H11ClN6O2/c11-10-8-7(14-4-15-10)5(3-13-8)9(19)6(18)1-2-16-17-12/h3-4,6,9,13,18-19H,1-2H2. The summed E-state index contributed by atoms with van der Waals surface area (Å²) in [4.78, 5) is 13.3. The predicted molar refractivity (Wildman–Crippen MR) is 68.5 cm³/mol. The fourth-order valence-electron chi connectivity index (χ4n) is 1.75. The topological polar surface area (TPSA) is 131 Å². The lowest BCUT2D eigenvalue weighted by atomic mass is 10.0. The number of nitrogens with one attached hydrogen (secondary N) is 1. The average Bonchev–Trinajstić information content (AvgIpc) is 2.83. The molecule has 0 aromatic carbocycles. The molecule has 2 aromatic heterocycles. The predicted octanol–water partition coefficient (Wildman–Crippen LogP) is 1.71. The van der Waals surface area contributed by atoms with E-state index < -0.39 is 12.2 Å². The van der Waals surface area contributed by atoms with Crippen molar-refractivity contribution in [2.75, 3.05) is 6.54 Å². The quantitative estimate of drug-likeness (QED) is 0.333. The van der Waals surface area contributed by atoms with E-state index in [1.807, 2.05) is 0 Å². The molecule has 2 unspecified atom stereocenters. The van der Waals surface area contributed by atoms with Crippen LogP contribution < -0.4 is 0 Å². The lowest BCUT2D eigenvalue weighted by Gasteiger charge is -2.15. The Bertz CT molecular complexity index is 624. The molecule has 0 saturated carbocycles. The molecular weight excluding hydrogens is 272 g/mol. The molecule has 0 aliphatic rings. The third-order valence-electron chi connectivity index (χ3n) is 2.72. The molecule has 0 saturated heterocycles. The van der Waals surface area contributed by atoms with E-state index in [4.69, 9.17) is 17.1 Å². The van der Waals surface area contributed by atoms with Gasteiger partial charge in [-0.3, -0.25) is 0 Å². The summed E-state index contributed by atoms with van der Waals surface area (Å²) in [5.74, 6) is 0. The number of hydrogen-bond donors (Lipinski definition) is 3. The highest BCUT2D eigenvalue weighted by Crippen LogP contribution is 2.28. The van der Waals surface area contributed by atoms with Crippen molar-refractivity contribution in [3.05, 3.63) is 33.7 Å². The molecule has 0 radical (unpaired) electrons. The highest BCUT2D eigenvalue weighted by molar-refractivity contribution is 6.33. The van der Waals surface area contributed by atoms with Crippen molar-refractivity contribution < 1.29 is 10.2 Å². The Balaban J connectivity index is 2.23. The van der Waals surface area contributed by atoms with Crippen molar-refractivity contribution in [1.29, 1.82) is 0 Å². The van der Waals surface area contributed by atoms with E-state index in [-0.39, 0.29) is 18.1 Å². The molecule has 9 heteroatoms. The molecule has 19 heavy (non-hydrogen) atoms. The summed E-state index contributed by atoms with van der Waals surface area (Å²) in [5, 5.41) is 23.4. The summed E-state index contributed by atoms with van der Waals surface area (Å²) in [7, 11) is 0. The van der Waals surface area contributed by atoms with Gasteiger partial charge in [-0.05, 0) is 12.0 Å². The van der Waals surface area contributed by atoms with Crippen LogP contribution in [0.3, 0.4) is 0 Å². The molecule has 0 bridgehead atoms. The molecule has 8 nitrogen and oxygen atoms in total. The lowest BCUT2D eigenvalue weighted by Crippen LogP contribution is -2.19. The Morgan fingerprint density at radius 1 is 1.47 bits per heavy atom. The van der Waals surface area contributed by atoms with E-state index in [2.05, 4.69) is 25.0 Å². The van der Waals surface area contributed by atoms with Crippen LogP contribution in [0.5, 0.6) is 0 Å². The fourth-order valence-corrected chi connectivity index (χ4v) is 1.94. The maximum absolute atomic E-state index is 10.1. The van der Waals surface area contributed by atoms with Crippen molar-refractivity contribution in [2.45, 2.75) is 18.6 Å². The number of halogens is 1. The minimum Gasteiger partial charge on any atom is -0.390 e. The molecule has 2 rings (SSSR count). The average molecular weight is 283 g/mol. The minimum atomic E-state index is -1.14. The van der Waals surface area contributed by atoms with E-state index in [9.17, 15) is 10.2 Å². The first-order valence-corrected chi connectivity index (χ1v) is 5.87. The fraction of sp³-hybridized carbons (Fsp3) is 0.400. The Hall–Kier alpha value is -1.86. The molecule has 2 heterocycles. The van der Waals surface area contributed by atoms with Gasteiger partial charge in [0.1, 0.15) is 17.9 Å². The van der Waals surface area contributed by atoms with E-state index >= 15 is 0 Å². The van der Waals surface area contributed by atoms with Gasteiger partial charge in [0.2, 0.25) is 0 Å². The maximum atomic E-state index is 10.1. The van der Waals surface area contributed by atoms with Gasteiger partial charge in [0, 0.05) is 23.2 Å². The second-order valence-corrected chi connectivity index (χ2v) is 4.25. The lowest BCUT2D eigenvalue weighted by molar-refractivity contribution is 0.0158. The van der Waals surface area contributed by atoms with Crippen LogP contribution in [0.15, 0.2) is 17.6 Å². The second kappa shape index (κ2) is 5.85.